The molecule has 3 rings (SSSR count). The van der Waals surface area contributed by atoms with Gasteiger partial charge in [0, 0.05) is 23.8 Å². The van der Waals surface area contributed by atoms with Crippen LogP contribution in [-0.4, -0.2) is 30.6 Å². The lowest BCUT2D eigenvalue weighted by Crippen LogP contribution is -2.14. The minimum absolute atomic E-state index is 0.216. The first-order chi connectivity index (χ1) is 12.1. The van der Waals surface area contributed by atoms with Gasteiger partial charge >= 0.3 is 5.69 Å². The Balaban J connectivity index is 1.79. The van der Waals surface area contributed by atoms with Crippen molar-refractivity contribution < 1.29 is 9.72 Å². The van der Waals surface area contributed by atoms with Gasteiger partial charge in [0.25, 0.3) is 5.91 Å². The van der Waals surface area contributed by atoms with Crippen LogP contribution in [0.15, 0.2) is 43.0 Å². The Labute approximate surface area is 142 Å². The van der Waals surface area contributed by atoms with Crippen LogP contribution in [0.5, 0.6) is 0 Å². The van der Waals surface area contributed by atoms with Crippen LogP contribution in [0.2, 0.25) is 0 Å². The minimum atomic E-state index is -0.624. The molecule has 1 amide bonds. The van der Waals surface area contributed by atoms with Crippen molar-refractivity contribution in [2.75, 3.05) is 5.32 Å². The highest BCUT2D eigenvalue weighted by atomic mass is 16.6. The lowest BCUT2D eigenvalue weighted by atomic mass is 10.2. The van der Waals surface area contributed by atoms with E-state index < -0.39 is 10.8 Å². The molecule has 0 saturated carbocycles. The zero-order valence-electron chi connectivity index (χ0n) is 13.5. The number of nitrogens with zero attached hydrogens (tertiary/aromatic N) is 4. The summed E-state index contributed by atoms with van der Waals surface area (Å²) in [6.07, 6.45) is 6.29. The van der Waals surface area contributed by atoms with Crippen LogP contribution >= 0.6 is 0 Å². The van der Waals surface area contributed by atoms with Crippen molar-refractivity contribution in [1.82, 2.24) is 19.7 Å². The maximum Gasteiger partial charge on any atom is 0.322 e. The van der Waals surface area contributed by atoms with E-state index in [1.807, 2.05) is 11.5 Å². The largest absolute Gasteiger partial charge is 0.322 e. The number of nitrogens with one attached hydrogen (secondary N) is 2. The van der Waals surface area contributed by atoms with E-state index in [-0.39, 0.29) is 11.4 Å². The zero-order chi connectivity index (χ0) is 17.8. The molecular formula is C16H16N6O3. The Hall–Kier alpha value is -3.49. The molecule has 0 aliphatic rings. The van der Waals surface area contributed by atoms with E-state index in [1.165, 1.54) is 0 Å². The van der Waals surface area contributed by atoms with Gasteiger partial charge in [-0.25, -0.2) is 4.98 Å². The monoisotopic (exact) mass is 340 g/mol. The number of aryl methyl sites for hydroxylation is 1. The number of aromatic nitrogens is 4. The summed E-state index contributed by atoms with van der Waals surface area (Å²) in [6.45, 7) is 1.89. The second kappa shape index (κ2) is 6.95. The van der Waals surface area contributed by atoms with Gasteiger partial charge < -0.3 is 9.88 Å². The van der Waals surface area contributed by atoms with Crippen molar-refractivity contribution in [3.05, 3.63) is 64.5 Å². The lowest BCUT2D eigenvalue weighted by Gasteiger charge is -2.06. The quantitative estimate of drug-likeness (QED) is 0.528. The molecule has 9 nitrogen and oxygen atoms in total. The summed E-state index contributed by atoms with van der Waals surface area (Å²) in [6, 6.07) is 7.02. The van der Waals surface area contributed by atoms with Crippen molar-refractivity contribution in [2.24, 2.45) is 0 Å². The molecule has 9 heteroatoms. The molecule has 0 bridgehead atoms. The number of amides is 1. The van der Waals surface area contributed by atoms with E-state index in [4.69, 9.17) is 0 Å². The predicted molar refractivity (Wildman–Crippen MR) is 90.8 cm³/mol. The maximum absolute atomic E-state index is 12.4. The van der Waals surface area contributed by atoms with Crippen molar-refractivity contribution in [3.63, 3.8) is 0 Å². The van der Waals surface area contributed by atoms with Crippen LogP contribution in [0.3, 0.4) is 0 Å². The van der Waals surface area contributed by atoms with E-state index >= 15 is 0 Å². The third kappa shape index (κ3) is 3.39. The number of anilines is 1. The number of carbonyl (C=O) groups is 1. The summed E-state index contributed by atoms with van der Waals surface area (Å²) >= 11 is 0. The third-order valence-electron chi connectivity index (χ3n) is 3.64. The van der Waals surface area contributed by atoms with Crippen LogP contribution in [0.1, 0.15) is 29.5 Å². The van der Waals surface area contributed by atoms with Crippen LogP contribution in [-0.2, 0) is 6.42 Å². The van der Waals surface area contributed by atoms with Crippen molar-refractivity contribution >= 4 is 17.3 Å². The second-order valence-corrected chi connectivity index (χ2v) is 5.38. The van der Waals surface area contributed by atoms with E-state index in [0.717, 1.165) is 5.69 Å². The van der Waals surface area contributed by atoms with Crippen molar-refractivity contribution in [1.29, 1.82) is 0 Å². The molecule has 2 N–H and O–H groups in total. The average Bonchev–Trinajstić information content (AvgIpc) is 3.25. The van der Waals surface area contributed by atoms with Gasteiger partial charge in [0.2, 0.25) is 5.69 Å². The van der Waals surface area contributed by atoms with E-state index in [9.17, 15) is 14.9 Å². The predicted octanol–water partition coefficient (Wildman–Crippen LogP) is 2.71. The lowest BCUT2D eigenvalue weighted by molar-refractivity contribution is -0.385. The minimum Gasteiger partial charge on any atom is -0.320 e. The molecular weight excluding hydrogens is 324 g/mol. The van der Waals surface area contributed by atoms with Crippen molar-refractivity contribution in [3.8, 4) is 5.69 Å². The number of hydrogen-bond donors (Lipinski definition) is 2. The Kier molecular flexibility index (Phi) is 4.55. The average molecular weight is 340 g/mol. The summed E-state index contributed by atoms with van der Waals surface area (Å²) in [4.78, 5) is 27.0. The van der Waals surface area contributed by atoms with Gasteiger partial charge in [-0.1, -0.05) is 13.3 Å². The molecule has 3 aromatic rings. The van der Waals surface area contributed by atoms with Gasteiger partial charge in [-0.15, -0.1) is 0 Å². The first-order valence-electron chi connectivity index (χ1n) is 7.71. The number of nitro groups is 1. The summed E-state index contributed by atoms with van der Waals surface area (Å²) in [5, 5.41) is 20.3. The SMILES string of the molecule is CCCc1[nH]nc(C(=O)Nc2ccc(-n3ccnc3)cc2)c1[N+](=O)[O-]. The van der Waals surface area contributed by atoms with Gasteiger partial charge in [-0.2, -0.15) is 5.10 Å². The number of benzene rings is 1. The van der Waals surface area contributed by atoms with Crippen LogP contribution in [0.4, 0.5) is 11.4 Å². The molecule has 0 aliphatic carbocycles. The van der Waals surface area contributed by atoms with Gasteiger partial charge in [0.05, 0.1) is 11.3 Å². The summed E-state index contributed by atoms with van der Waals surface area (Å²) in [5.41, 5.74) is 1.27. The molecule has 1 aromatic carbocycles. The maximum atomic E-state index is 12.4. The van der Waals surface area contributed by atoms with Gasteiger partial charge in [-0.05, 0) is 30.7 Å². The summed E-state index contributed by atoms with van der Waals surface area (Å²) in [7, 11) is 0. The zero-order valence-corrected chi connectivity index (χ0v) is 13.5. The Morgan fingerprint density at radius 1 is 1.36 bits per heavy atom. The normalized spacial score (nSPS) is 10.6. The Bertz CT molecular complexity index is 883. The van der Waals surface area contributed by atoms with E-state index in [2.05, 4.69) is 20.5 Å². The topological polar surface area (TPSA) is 119 Å². The molecule has 0 spiro atoms. The fourth-order valence-electron chi connectivity index (χ4n) is 2.47. The molecule has 25 heavy (non-hydrogen) atoms. The highest BCUT2D eigenvalue weighted by Gasteiger charge is 2.28. The van der Waals surface area contributed by atoms with Gasteiger partial charge in [-0.3, -0.25) is 20.0 Å². The van der Waals surface area contributed by atoms with Crippen LogP contribution < -0.4 is 5.32 Å². The number of H-pyrrole nitrogens is 1. The third-order valence-corrected chi connectivity index (χ3v) is 3.64. The number of imidazole rings is 1. The van der Waals surface area contributed by atoms with Gasteiger partial charge in [0.1, 0.15) is 5.69 Å². The Morgan fingerprint density at radius 2 is 2.12 bits per heavy atom. The van der Waals surface area contributed by atoms with E-state index in [1.54, 1.807) is 43.0 Å². The fraction of sp³-hybridized carbons (Fsp3) is 0.188. The molecule has 128 valence electrons. The number of aromatic amines is 1. The standard InChI is InChI=1S/C16H16N6O3/c1-2-3-13-15(22(24)25)14(20-19-13)16(23)18-11-4-6-12(7-5-11)21-9-8-17-10-21/h4-10H,2-3H2,1H3,(H,18,23)(H,19,20). The van der Waals surface area contributed by atoms with Crippen molar-refractivity contribution in [2.45, 2.75) is 19.8 Å². The van der Waals surface area contributed by atoms with E-state index in [0.29, 0.717) is 24.2 Å². The van der Waals surface area contributed by atoms with Gasteiger partial charge in [0.15, 0.2) is 0 Å². The highest BCUT2D eigenvalue weighted by Crippen LogP contribution is 2.23. The molecule has 0 atom stereocenters. The summed E-state index contributed by atoms with van der Waals surface area (Å²) < 4.78 is 1.82. The number of hydrogen-bond acceptors (Lipinski definition) is 5. The molecule has 0 aliphatic heterocycles. The molecule has 0 saturated heterocycles. The first-order valence-corrected chi connectivity index (χ1v) is 7.71. The molecule has 0 unspecified atom stereocenters. The first kappa shape index (κ1) is 16.4. The van der Waals surface area contributed by atoms with Crippen LogP contribution in [0, 0.1) is 10.1 Å². The van der Waals surface area contributed by atoms with Crippen LogP contribution in [0.25, 0.3) is 5.69 Å². The molecule has 0 fully saturated rings. The molecule has 2 heterocycles. The summed E-state index contributed by atoms with van der Waals surface area (Å²) in [5.74, 6) is -0.624. The number of rotatable bonds is 6. The molecule has 0 radical (unpaired) electrons. The fourth-order valence-corrected chi connectivity index (χ4v) is 2.47. The smallest absolute Gasteiger partial charge is 0.320 e. The number of carbonyl (C=O) groups excluding carboxylic acids is 1. The Morgan fingerprint density at radius 3 is 2.72 bits per heavy atom. The highest BCUT2D eigenvalue weighted by molar-refractivity contribution is 6.05. The second-order valence-electron chi connectivity index (χ2n) is 5.38. The molecule has 2 aromatic heterocycles.